The molecule has 0 bridgehead atoms. The molecule has 0 aliphatic carbocycles. The molecule has 0 spiro atoms. The molecule has 1 aromatic carbocycles. The van der Waals surface area contributed by atoms with Crippen LogP contribution < -0.4 is 10.1 Å². The molecule has 0 atom stereocenters. The summed E-state index contributed by atoms with van der Waals surface area (Å²) in [6.07, 6.45) is 0.856. The molecule has 0 saturated carbocycles. The van der Waals surface area contributed by atoms with Gasteiger partial charge in [0.15, 0.2) is 9.84 Å². The van der Waals surface area contributed by atoms with Crippen molar-refractivity contribution >= 4 is 25.8 Å². The number of hydrogen-bond acceptors (Lipinski definition) is 4. The van der Waals surface area contributed by atoms with E-state index < -0.39 is 9.84 Å². The van der Waals surface area contributed by atoms with Gasteiger partial charge in [0.25, 0.3) is 0 Å². The van der Waals surface area contributed by atoms with Crippen LogP contribution in [0.2, 0.25) is 0 Å². The van der Waals surface area contributed by atoms with Crippen molar-refractivity contribution < 1.29 is 13.2 Å². The second-order valence-electron chi connectivity index (χ2n) is 5.23. The van der Waals surface area contributed by atoms with E-state index in [2.05, 4.69) is 21.2 Å². The van der Waals surface area contributed by atoms with Crippen molar-refractivity contribution in [2.24, 2.45) is 5.92 Å². The van der Waals surface area contributed by atoms with Crippen LogP contribution in [0, 0.1) is 5.92 Å². The van der Waals surface area contributed by atoms with Gasteiger partial charge >= 0.3 is 0 Å². The van der Waals surface area contributed by atoms with Crippen LogP contribution >= 0.6 is 15.9 Å². The number of halogens is 1. The van der Waals surface area contributed by atoms with Crippen molar-refractivity contribution in [1.82, 2.24) is 5.32 Å². The van der Waals surface area contributed by atoms with Gasteiger partial charge < -0.3 is 10.1 Å². The molecule has 19 heavy (non-hydrogen) atoms. The predicted molar refractivity (Wildman–Crippen MR) is 77.2 cm³/mol. The number of sulfone groups is 1. The molecule has 2 aliphatic heterocycles. The predicted octanol–water partition coefficient (Wildman–Crippen LogP) is 1.52. The molecule has 0 amide bonds. The third kappa shape index (κ3) is 2.95. The topological polar surface area (TPSA) is 55.4 Å². The first kappa shape index (κ1) is 13.4. The third-order valence-corrected chi connectivity index (χ3v) is 5.74. The number of nitrogens with one attached hydrogen (secondary N) is 1. The lowest BCUT2D eigenvalue weighted by molar-refractivity contribution is 0.354. The van der Waals surface area contributed by atoms with Gasteiger partial charge in [-0.2, -0.15) is 0 Å². The maximum Gasteiger partial charge on any atom is 0.154 e. The first-order valence-electron chi connectivity index (χ1n) is 6.39. The van der Waals surface area contributed by atoms with Crippen LogP contribution in [0.4, 0.5) is 0 Å². The maximum atomic E-state index is 12.2. The Kier molecular flexibility index (Phi) is 3.57. The zero-order valence-electron chi connectivity index (χ0n) is 10.5. The Morgan fingerprint density at radius 3 is 2.84 bits per heavy atom. The van der Waals surface area contributed by atoms with E-state index in [1.165, 1.54) is 0 Å². The molecule has 0 radical (unpaired) electrons. The van der Waals surface area contributed by atoms with Crippen molar-refractivity contribution in [2.45, 2.75) is 12.2 Å². The maximum absolute atomic E-state index is 12.2. The highest BCUT2D eigenvalue weighted by atomic mass is 79.9. The highest BCUT2D eigenvalue weighted by Crippen LogP contribution is 2.34. The van der Waals surface area contributed by atoms with Crippen LogP contribution in [0.25, 0.3) is 0 Å². The molecule has 0 aromatic heterocycles. The SMILES string of the molecule is O=S(=O)(Cc1cc(Br)cc2c1OCC2)CC1CNC1. The van der Waals surface area contributed by atoms with Gasteiger partial charge in [0.2, 0.25) is 0 Å². The minimum absolute atomic E-state index is 0.0747. The number of ether oxygens (including phenoxy) is 1. The summed E-state index contributed by atoms with van der Waals surface area (Å²) in [5, 5.41) is 3.10. The van der Waals surface area contributed by atoms with Crippen molar-refractivity contribution in [2.75, 3.05) is 25.4 Å². The zero-order chi connectivity index (χ0) is 13.5. The summed E-state index contributed by atoms with van der Waals surface area (Å²) < 4.78 is 30.9. The minimum atomic E-state index is -3.07. The largest absolute Gasteiger partial charge is 0.493 e. The van der Waals surface area contributed by atoms with Gasteiger partial charge in [-0.05, 0) is 23.6 Å². The quantitative estimate of drug-likeness (QED) is 0.898. The summed E-state index contributed by atoms with van der Waals surface area (Å²) in [7, 11) is -3.07. The summed E-state index contributed by atoms with van der Waals surface area (Å²) in [5.41, 5.74) is 1.89. The van der Waals surface area contributed by atoms with Crippen LogP contribution in [-0.2, 0) is 22.0 Å². The number of rotatable bonds is 4. The molecule has 2 heterocycles. The molecule has 2 aliphatic rings. The summed E-state index contributed by atoms with van der Waals surface area (Å²) in [4.78, 5) is 0. The van der Waals surface area contributed by atoms with E-state index in [0.29, 0.717) is 6.61 Å². The van der Waals surface area contributed by atoms with Gasteiger partial charge in [-0.15, -0.1) is 0 Å². The highest BCUT2D eigenvalue weighted by Gasteiger charge is 2.27. The Morgan fingerprint density at radius 1 is 1.37 bits per heavy atom. The number of benzene rings is 1. The molecule has 1 N–H and O–H groups in total. The molecule has 6 heteroatoms. The van der Waals surface area contributed by atoms with Crippen LogP contribution in [0.1, 0.15) is 11.1 Å². The molecule has 3 rings (SSSR count). The third-order valence-electron chi connectivity index (χ3n) is 3.56. The standard InChI is InChI=1S/C13H16BrNO3S/c14-12-3-10-1-2-18-13(10)11(4-12)8-19(16,17)7-9-5-15-6-9/h3-4,9,15H,1-2,5-8H2. The average molecular weight is 346 g/mol. The van der Waals surface area contributed by atoms with E-state index in [9.17, 15) is 8.42 Å². The molecule has 1 fully saturated rings. The van der Waals surface area contributed by atoms with Gasteiger partial charge in [-0.25, -0.2) is 8.42 Å². The fourth-order valence-electron chi connectivity index (χ4n) is 2.57. The lowest BCUT2D eigenvalue weighted by Gasteiger charge is -2.26. The van der Waals surface area contributed by atoms with Gasteiger partial charge in [0.05, 0.1) is 18.1 Å². The summed E-state index contributed by atoms with van der Waals surface area (Å²) >= 11 is 3.44. The summed E-state index contributed by atoms with van der Waals surface area (Å²) in [6, 6.07) is 3.87. The molecular formula is C13H16BrNO3S. The van der Waals surface area contributed by atoms with E-state index in [1.807, 2.05) is 12.1 Å². The van der Waals surface area contributed by atoms with Crippen LogP contribution in [0.3, 0.4) is 0 Å². The normalized spacial score (nSPS) is 18.8. The second kappa shape index (κ2) is 5.07. The van der Waals surface area contributed by atoms with Crippen LogP contribution in [-0.4, -0.2) is 33.9 Å². The molecule has 0 unspecified atom stereocenters. The molecule has 4 nitrogen and oxygen atoms in total. The van der Waals surface area contributed by atoms with Gasteiger partial charge in [-0.1, -0.05) is 15.9 Å². The van der Waals surface area contributed by atoms with Gasteiger partial charge in [0.1, 0.15) is 5.75 Å². The minimum Gasteiger partial charge on any atom is -0.493 e. The van der Waals surface area contributed by atoms with Crippen LogP contribution in [0.15, 0.2) is 16.6 Å². The van der Waals surface area contributed by atoms with E-state index >= 15 is 0 Å². The van der Waals surface area contributed by atoms with Crippen molar-refractivity contribution in [3.05, 3.63) is 27.7 Å². The Hall–Kier alpha value is -0.590. The fraction of sp³-hybridized carbons (Fsp3) is 0.538. The first-order chi connectivity index (χ1) is 9.03. The fourth-order valence-corrected chi connectivity index (χ4v) is 4.89. The number of hydrogen-bond donors (Lipinski definition) is 1. The molecule has 104 valence electrons. The zero-order valence-corrected chi connectivity index (χ0v) is 12.9. The van der Waals surface area contributed by atoms with Crippen molar-refractivity contribution in [3.63, 3.8) is 0 Å². The van der Waals surface area contributed by atoms with E-state index in [4.69, 9.17) is 4.74 Å². The van der Waals surface area contributed by atoms with E-state index in [1.54, 1.807) is 0 Å². The highest BCUT2D eigenvalue weighted by molar-refractivity contribution is 9.10. The second-order valence-corrected chi connectivity index (χ2v) is 8.26. The lowest BCUT2D eigenvalue weighted by Crippen LogP contribution is -2.45. The molecule has 1 saturated heterocycles. The lowest BCUT2D eigenvalue weighted by atomic mass is 10.1. The average Bonchev–Trinajstić information content (AvgIpc) is 2.71. The van der Waals surface area contributed by atoms with Crippen molar-refractivity contribution in [3.8, 4) is 5.75 Å². The Labute approximate surface area is 121 Å². The van der Waals surface area contributed by atoms with E-state index in [-0.39, 0.29) is 17.4 Å². The van der Waals surface area contributed by atoms with Crippen molar-refractivity contribution in [1.29, 1.82) is 0 Å². The Morgan fingerprint density at radius 2 is 2.16 bits per heavy atom. The Balaban J connectivity index is 1.82. The first-order valence-corrected chi connectivity index (χ1v) is 9.00. The molecular weight excluding hydrogens is 330 g/mol. The van der Waals surface area contributed by atoms with Gasteiger partial charge in [-0.3, -0.25) is 0 Å². The monoisotopic (exact) mass is 345 g/mol. The van der Waals surface area contributed by atoms with E-state index in [0.717, 1.165) is 40.9 Å². The van der Waals surface area contributed by atoms with Crippen LogP contribution in [0.5, 0.6) is 5.75 Å². The molecule has 1 aromatic rings. The number of fused-ring (bicyclic) bond motifs is 1. The summed E-state index contributed by atoms with van der Waals surface area (Å²) in [5.74, 6) is 1.39. The Bertz CT molecular complexity index is 596. The smallest absolute Gasteiger partial charge is 0.154 e. The summed E-state index contributed by atoms with van der Waals surface area (Å²) in [6.45, 7) is 2.27. The van der Waals surface area contributed by atoms with Gasteiger partial charge in [0, 0.05) is 29.5 Å².